The molecule has 2 amide bonds. The van der Waals surface area contributed by atoms with E-state index in [1.165, 1.54) is 37.7 Å². The average Bonchev–Trinajstić information content (AvgIpc) is 2.96. The first kappa shape index (κ1) is 35.4. The molecule has 0 saturated carbocycles. The zero-order valence-electron chi connectivity index (χ0n) is 25.9. The van der Waals surface area contributed by atoms with Gasteiger partial charge in [0.05, 0.1) is 0 Å². The summed E-state index contributed by atoms with van der Waals surface area (Å²) in [7, 11) is 0. The monoisotopic (exact) mass is 563 g/mol. The number of amides is 2. The SMILES string of the molecule is C=CCCCC.CCC1C(C)Cc2cc(-c3ccc(NC=O)cc3)ccc2N1C(C)=O.CCCCC/C(N)=C/NN. The van der Waals surface area contributed by atoms with E-state index in [1.54, 1.807) is 13.1 Å². The highest BCUT2D eigenvalue weighted by Gasteiger charge is 2.33. The van der Waals surface area contributed by atoms with Crippen molar-refractivity contribution in [2.45, 2.75) is 98.4 Å². The minimum absolute atomic E-state index is 0.108. The van der Waals surface area contributed by atoms with E-state index in [0.29, 0.717) is 12.3 Å². The predicted molar refractivity (Wildman–Crippen MR) is 175 cm³/mol. The van der Waals surface area contributed by atoms with E-state index >= 15 is 0 Å². The Hall–Kier alpha value is -3.58. The molecule has 2 atom stereocenters. The van der Waals surface area contributed by atoms with E-state index in [2.05, 4.69) is 63.2 Å². The Balaban J connectivity index is 0.000000435. The molecule has 7 heteroatoms. The molecule has 0 bridgehead atoms. The number of unbranched alkanes of at least 4 members (excludes halogenated alkanes) is 4. The molecule has 1 heterocycles. The van der Waals surface area contributed by atoms with Crippen molar-refractivity contribution in [2.75, 3.05) is 10.2 Å². The summed E-state index contributed by atoms with van der Waals surface area (Å²) in [5, 5.41) is 2.65. The average molecular weight is 564 g/mol. The Kier molecular flexibility index (Phi) is 17.6. The number of carbonyl (C=O) groups is 2. The third kappa shape index (κ3) is 12.2. The molecule has 0 fully saturated rings. The summed E-state index contributed by atoms with van der Waals surface area (Å²) < 4.78 is 0. The highest BCUT2D eigenvalue weighted by molar-refractivity contribution is 5.94. The lowest BCUT2D eigenvalue weighted by atomic mass is 9.84. The number of nitrogens with zero attached hydrogens (tertiary/aromatic N) is 1. The highest BCUT2D eigenvalue weighted by Crippen LogP contribution is 2.37. The lowest BCUT2D eigenvalue weighted by Crippen LogP contribution is -2.46. The molecule has 2 aromatic rings. The van der Waals surface area contributed by atoms with Crippen molar-refractivity contribution < 1.29 is 9.59 Å². The number of carbonyl (C=O) groups excluding carboxylic acids is 2. The van der Waals surface area contributed by atoms with Crippen molar-refractivity contribution in [3.05, 3.63) is 72.6 Å². The lowest BCUT2D eigenvalue weighted by Gasteiger charge is -2.40. The number of hydrogen-bond acceptors (Lipinski definition) is 5. The minimum atomic E-state index is 0.108. The second kappa shape index (κ2) is 20.3. The van der Waals surface area contributed by atoms with Gasteiger partial charge in [0, 0.05) is 36.2 Å². The van der Waals surface area contributed by atoms with Gasteiger partial charge in [-0.05, 0) is 79.0 Å². The van der Waals surface area contributed by atoms with E-state index in [9.17, 15) is 9.59 Å². The molecule has 0 radical (unpaired) electrons. The van der Waals surface area contributed by atoms with Crippen molar-refractivity contribution in [2.24, 2.45) is 17.5 Å². The molecule has 0 aliphatic carbocycles. The standard InChI is InChI=1S/C21H24N2O2.C7H17N3.C6H12/c1-4-20-14(2)11-18-12-17(7-10-21(18)23(20)15(3)25)16-5-8-19(9-6-16)22-13-24;1-2-3-4-5-7(8)6-10-9;1-3-5-6-4-2/h5-10,12-14,20H,4,11H2,1-3H3,(H,22,24);6,10H,2-5,8-9H2,1H3;3H,1,4-6H2,2H3/b;7-6-;. The predicted octanol–water partition coefficient (Wildman–Crippen LogP) is 7.44. The summed E-state index contributed by atoms with van der Waals surface area (Å²) in [5.41, 5.74) is 14.0. The fourth-order valence-electron chi connectivity index (χ4n) is 5.00. The van der Waals surface area contributed by atoms with Crippen molar-refractivity contribution in [3.63, 3.8) is 0 Å². The maximum Gasteiger partial charge on any atom is 0.224 e. The number of hydrazine groups is 1. The Bertz CT molecular complexity index is 1080. The summed E-state index contributed by atoms with van der Waals surface area (Å²) in [6.07, 6.45) is 14.5. The number of hydrogen-bond donors (Lipinski definition) is 4. The Labute approximate surface area is 248 Å². The number of anilines is 2. The van der Waals surface area contributed by atoms with Crippen molar-refractivity contribution in [1.29, 1.82) is 0 Å². The molecule has 7 nitrogen and oxygen atoms in total. The van der Waals surface area contributed by atoms with E-state index in [1.807, 2.05) is 35.2 Å². The molecule has 3 rings (SSSR count). The van der Waals surface area contributed by atoms with Gasteiger partial charge < -0.3 is 21.4 Å². The van der Waals surface area contributed by atoms with Crippen LogP contribution in [0.4, 0.5) is 11.4 Å². The summed E-state index contributed by atoms with van der Waals surface area (Å²) >= 11 is 0. The first-order chi connectivity index (χ1) is 19.8. The third-order valence-corrected chi connectivity index (χ3v) is 7.17. The Morgan fingerprint density at radius 1 is 1.05 bits per heavy atom. The van der Waals surface area contributed by atoms with Crippen LogP contribution in [0.2, 0.25) is 0 Å². The molecule has 1 aliphatic heterocycles. The second-order valence-electron chi connectivity index (χ2n) is 10.5. The van der Waals surface area contributed by atoms with Gasteiger partial charge in [-0.15, -0.1) is 6.58 Å². The molecule has 41 heavy (non-hydrogen) atoms. The van der Waals surface area contributed by atoms with Crippen LogP contribution >= 0.6 is 0 Å². The Morgan fingerprint density at radius 2 is 1.71 bits per heavy atom. The van der Waals surface area contributed by atoms with Gasteiger partial charge in [0.2, 0.25) is 12.3 Å². The number of nitrogens with two attached hydrogens (primary N) is 2. The van der Waals surface area contributed by atoms with Crippen LogP contribution in [0, 0.1) is 5.92 Å². The second-order valence-corrected chi connectivity index (χ2v) is 10.5. The van der Waals surface area contributed by atoms with Crippen LogP contribution < -0.4 is 27.2 Å². The zero-order chi connectivity index (χ0) is 30.6. The topological polar surface area (TPSA) is 113 Å². The van der Waals surface area contributed by atoms with E-state index < -0.39 is 0 Å². The van der Waals surface area contributed by atoms with Crippen molar-refractivity contribution in [3.8, 4) is 11.1 Å². The van der Waals surface area contributed by atoms with E-state index in [-0.39, 0.29) is 11.9 Å². The fraction of sp³-hybridized carbons (Fsp3) is 0.471. The fourth-order valence-corrected chi connectivity index (χ4v) is 5.00. The van der Waals surface area contributed by atoms with Crippen LogP contribution in [-0.4, -0.2) is 18.4 Å². The molecule has 2 aromatic carbocycles. The van der Waals surface area contributed by atoms with E-state index in [4.69, 9.17) is 11.6 Å². The lowest BCUT2D eigenvalue weighted by molar-refractivity contribution is -0.117. The van der Waals surface area contributed by atoms with Gasteiger partial charge in [0.1, 0.15) is 0 Å². The quantitative estimate of drug-likeness (QED) is 0.0705. The summed E-state index contributed by atoms with van der Waals surface area (Å²) in [5.74, 6) is 5.58. The number of allylic oxidation sites excluding steroid dienone is 2. The smallest absolute Gasteiger partial charge is 0.224 e. The largest absolute Gasteiger partial charge is 0.401 e. The molecular formula is C34H53N5O2. The summed E-state index contributed by atoms with van der Waals surface area (Å²) in [6, 6.07) is 14.4. The van der Waals surface area contributed by atoms with E-state index in [0.717, 1.165) is 53.9 Å². The van der Waals surface area contributed by atoms with Gasteiger partial charge in [0.25, 0.3) is 0 Å². The van der Waals surface area contributed by atoms with Gasteiger partial charge in [-0.25, -0.2) is 0 Å². The molecule has 0 spiro atoms. The summed E-state index contributed by atoms with van der Waals surface area (Å²) in [6.45, 7) is 14.0. The molecule has 2 unspecified atom stereocenters. The maximum atomic E-state index is 12.2. The first-order valence-corrected chi connectivity index (χ1v) is 15.0. The Morgan fingerprint density at radius 3 is 2.22 bits per heavy atom. The van der Waals surface area contributed by atoms with Gasteiger partial charge in [-0.2, -0.15) is 0 Å². The number of rotatable bonds is 12. The van der Waals surface area contributed by atoms with Gasteiger partial charge >= 0.3 is 0 Å². The van der Waals surface area contributed by atoms with Crippen LogP contribution in [0.1, 0.15) is 91.5 Å². The highest BCUT2D eigenvalue weighted by atomic mass is 16.2. The van der Waals surface area contributed by atoms with Gasteiger partial charge in [-0.3, -0.25) is 15.4 Å². The molecule has 0 aromatic heterocycles. The van der Waals surface area contributed by atoms with Crippen molar-refractivity contribution >= 4 is 23.7 Å². The van der Waals surface area contributed by atoms with Crippen LogP contribution in [0.5, 0.6) is 0 Å². The summed E-state index contributed by atoms with van der Waals surface area (Å²) in [4.78, 5) is 24.7. The van der Waals surface area contributed by atoms with Crippen LogP contribution in [0.25, 0.3) is 11.1 Å². The molecular weight excluding hydrogens is 510 g/mol. The maximum absolute atomic E-state index is 12.2. The number of benzene rings is 2. The minimum Gasteiger partial charge on any atom is -0.401 e. The molecule has 6 N–H and O–H groups in total. The van der Waals surface area contributed by atoms with Crippen LogP contribution in [0.15, 0.2) is 67.0 Å². The first-order valence-electron chi connectivity index (χ1n) is 15.0. The van der Waals surface area contributed by atoms with Crippen LogP contribution in [0.3, 0.4) is 0 Å². The molecule has 226 valence electrons. The molecule has 1 aliphatic rings. The number of fused-ring (bicyclic) bond motifs is 1. The number of nitrogens with one attached hydrogen (secondary N) is 2. The van der Waals surface area contributed by atoms with Gasteiger partial charge in [-0.1, -0.05) is 77.7 Å². The zero-order valence-corrected chi connectivity index (χ0v) is 25.9. The van der Waals surface area contributed by atoms with Gasteiger partial charge in [0.15, 0.2) is 0 Å². The van der Waals surface area contributed by atoms with Crippen LogP contribution in [-0.2, 0) is 16.0 Å². The normalized spacial score (nSPS) is 15.8. The van der Waals surface area contributed by atoms with Crippen molar-refractivity contribution in [1.82, 2.24) is 5.43 Å². The third-order valence-electron chi connectivity index (χ3n) is 7.17. The molecule has 0 saturated heterocycles.